The number of aryl methyl sites for hydroxylation is 1. The Kier molecular flexibility index (Phi) is 5.76. The van der Waals surface area contributed by atoms with E-state index in [2.05, 4.69) is 17.0 Å². The van der Waals surface area contributed by atoms with E-state index < -0.39 is 0 Å². The van der Waals surface area contributed by atoms with Crippen molar-refractivity contribution in [1.82, 2.24) is 15.0 Å². The Balaban J connectivity index is 1.76. The number of carbonyl (C=O) groups excluding carboxylic acids is 1. The van der Waals surface area contributed by atoms with Crippen molar-refractivity contribution in [3.8, 4) is 0 Å². The molecule has 0 aliphatic carbocycles. The first-order valence-corrected chi connectivity index (χ1v) is 7.79. The Morgan fingerprint density at radius 1 is 1.43 bits per heavy atom. The van der Waals surface area contributed by atoms with Crippen LogP contribution in [-0.2, 0) is 11.3 Å². The number of carbonyl (C=O) groups is 1. The summed E-state index contributed by atoms with van der Waals surface area (Å²) in [6.45, 7) is 7.97. The third-order valence-electron chi connectivity index (χ3n) is 3.93. The quantitative estimate of drug-likeness (QED) is 0.851. The molecule has 2 N–H and O–H groups in total. The second kappa shape index (κ2) is 7.56. The summed E-state index contributed by atoms with van der Waals surface area (Å²) in [5.74, 6) is 0.977. The molecule has 6 nitrogen and oxygen atoms in total. The maximum absolute atomic E-state index is 12.2. The van der Waals surface area contributed by atoms with Crippen molar-refractivity contribution >= 4 is 5.91 Å². The van der Waals surface area contributed by atoms with E-state index in [4.69, 9.17) is 10.3 Å². The fourth-order valence-corrected chi connectivity index (χ4v) is 2.62. The fraction of sp³-hybridized carbons (Fsp3) is 0.733. The van der Waals surface area contributed by atoms with Crippen LogP contribution in [0.1, 0.15) is 37.6 Å². The van der Waals surface area contributed by atoms with Gasteiger partial charge < -0.3 is 15.2 Å². The first-order chi connectivity index (χ1) is 10.1. The summed E-state index contributed by atoms with van der Waals surface area (Å²) in [5, 5.41) is 3.89. The van der Waals surface area contributed by atoms with Crippen LogP contribution in [0, 0.1) is 6.92 Å². The summed E-state index contributed by atoms with van der Waals surface area (Å²) >= 11 is 0. The van der Waals surface area contributed by atoms with E-state index in [0.29, 0.717) is 0 Å². The molecular weight excluding hydrogens is 268 g/mol. The molecule has 1 amide bonds. The number of nitrogens with zero attached hydrogens (tertiary/aromatic N) is 3. The predicted molar refractivity (Wildman–Crippen MR) is 80.6 cm³/mol. The molecule has 1 aliphatic rings. The second-order valence-electron chi connectivity index (χ2n) is 5.78. The standard InChI is InChI=1S/C15H26N4O2/c1-3-4-5-14(16)15(20)19-8-6-18(7-9-19)11-13-10-12(2)17-21-13/h10,14H,3-9,11,16H2,1-2H3. The highest BCUT2D eigenvalue weighted by Gasteiger charge is 2.25. The Bertz CT molecular complexity index is 452. The lowest BCUT2D eigenvalue weighted by atomic mass is 10.1. The van der Waals surface area contributed by atoms with E-state index in [9.17, 15) is 4.79 Å². The average Bonchev–Trinajstić information content (AvgIpc) is 2.90. The van der Waals surface area contributed by atoms with E-state index in [1.54, 1.807) is 0 Å². The maximum atomic E-state index is 12.2. The molecule has 0 bridgehead atoms. The van der Waals surface area contributed by atoms with Crippen molar-refractivity contribution in [2.24, 2.45) is 5.73 Å². The van der Waals surface area contributed by atoms with Crippen LogP contribution in [0.15, 0.2) is 10.6 Å². The van der Waals surface area contributed by atoms with Gasteiger partial charge in [-0.3, -0.25) is 9.69 Å². The van der Waals surface area contributed by atoms with E-state index in [1.165, 1.54) is 0 Å². The molecule has 1 aromatic rings. The van der Waals surface area contributed by atoms with E-state index >= 15 is 0 Å². The zero-order chi connectivity index (χ0) is 15.2. The van der Waals surface area contributed by atoms with Crippen molar-refractivity contribution in [3.05, 3.63) is 17.5 Å². The van der Waals surface area contributed by atoms with E-state index in [-0.39, 0.29) is 11.9 Å². The molecule has 0 aromatic carbocycles. The molecule has 6 heteroatoms. The number of amides is 1. The average molecular weight is 294 g/mol. The first kappa shape index (κ1) is 16.0. The van der Waals surface area contributed by atoms with Gasteiger partial charge in [-0.2, -0.15) is 0 Å². The fourth-order valence-electron chi connectivity index (χ4n) is 2.62. The predicted octanol–water partition coefficient (Wildman–Crippen LogP) is 1.14. The molecule has 1 aromatic heterocycles. The van der Waals surface area contributed by atoms with E-state index in [0.717, 1.165) is 63.4 Å². The molecule has 1 unspecified atom stereocenters. The molecule has 21 heavy (non-hydrogen) atoms. The van der Waals surface area contributed by atoms with Crippen LogP contribution in [0.5, 0.6) is 0 Å². The molecule has 1 saturated heterocycles. The molecule has 0 radical (unpaired) electrons. The molecule has 2 rings (SSSR count). The zero-order valence-corrected chi connectivity index (χ0v) is 13.0. The van der Waals surface area contributed by atoms with Gasteiger partial charge in [-0.1, -0.05) is 24.9 Å². The molecule has 0 spiro atoms. The largest absolute Gasteiger partial charge is 0.360 e. The van der Waals surface area contributed by atoms with Crippen molar-refractivity contribution < 1.29 is 9.32 Å². The van der Waals surface area contributed by atoms with Crippen molar-refractivity contribution in [1.29, 1.82) is 0 Å². The summed E-state index contributed by atoms with van der Waals surface area (Å²) in [7, 11) is 0. The highest BCUT2D eigenvalue weighted by atomic mass is 16.5. The Labute approximate surface area is 126 Å². The Hall–Kier alpha value is -1.40. The Morgan fingerprint density at radius 3 is 2.71 bits per heavy atom. The number of unbranched alkanes of at least 4 members (excludes halogenated alkanes) is 1. The number of nitrogens with two attached hydrogens (primary N) is 1. The Morgan fingerprint density at radius 2 is 2.14 bits per heavy atom. The minimum absolute atomic E-state index is 0.0959. The van der Waals surface area contributed by atoms with Gasteiger partial charge in [0.05, 0.1) is 18.3 Å². The molecule has 1 aliphatic heterocycles. The van der Waals surface area contributed by atoms with Gasteiger partial charge in [-0.25, -0.2) is 0 Å². The molecule has 118 valence electrons. The minimum Gasteiger partial charge on any atom is -0.360 e. The summed E-state index contributed by atoms with van der Waals surface area (Å²) in [5.41, 5.74) is 6.87. The minimum atomic E-state index is -0.339. The number of aromatic nitrogens is 1. The third-order valence-corrected chi connectivity index (χ3v) is 3.93. The zero-order valence-electron chi connectivity index (χ0n) is 13.0. The molecular formula is C15H26N4O2. The first-order valence-electron chi connectivity index (χ1n) is 7.79. The van der Waals surface area contributed by atoms with Crippen LogP contribution in [-0.4, -0.2) is 53.1 Å². The van der Waals surface area contributed by atoms with Gasteiger partial charge in [0.25, 0.3) is 0 Å². The van der Waals surface area contributed by atoms with Crippen LogP contribution in [0.25, 0.3) is 0 Å². The lowest BCUT2D eigenvalue weighted by molar-refractivity contribution is -0.134. The van der Waals surface area contributed by atoms with Crippen molar-refractivity contribution in [2.45, 2.75) is 45.7 Å². The summed E-state index contributed by atoms with van der Waals surface area (Å²) < 4.78 is 5.23. The third kappa shape index (κ3) is 4.54. The molecule has 0 saturated carbocycles. The second-order valence-corrected chi connectivity index (χ2v) is 5.78. The number of hydrogen-bond donors (Lipinski definition) is 1. The van der Waals surface area contributed by atoms with Gasteiger partial charge in [0, 0.05) is 32.2 Å². The van der Waals surface area contributed by atoms with Crippen molar-refractivity contribution in [3.63, 3.8) is 0 Å². The van der Waals surface area contributed by atoms with Gasteiger partial charge in [-0.05, 0) is 13.3 Å². The highest BCUT2D eigenvalue weighted by molar-refractivity contribution is 5.81. The van der Waals surface area contributed by atoms with Crippen LogP contribution in [0.2, 0.25) is 0 Å². The smallest absolute Gasteiger partial charge is 0.239 e. The van der Waals surface area contributed by atoms with Crippen LogP contribution < -0.4 is 5.73 Å². The van der Waals surface area contributed by atoms with E-state index in [1.807, 2.05) is 17.9 Å². The van der Waals surface area contributed by atoms with Gasteiger partial charge in [0.15, 0.2) is 5.76 Å². The molecule has 1 fully saturated rings. The van der Waals surface area contributed by atoms with Gasteiger partial charge in [0.2, 0.25) is 5.91 Å². The topological polar surface area (TPSA) is 75.6 Å². The van der Waals surface area contributed by atoms with Gasteiger partial charge in [-0.15, -0.1) is 0 Å². The molecule has 1 atom stereocenters. The van der Waals surface area contributed by atoms with Crippen LogP contribution >= 0.6 is 0 Å². The van der Waals surface area contributed by atoms with Crippen LogP contribution in [0.3, 0.4) is 0 Å². The van der Waals surface area contributed by atoms with Crippen LogP contribution in [0.4, 0.5) is 0 Å². The number of piperazine rings is 1. The lowest BCUT2D eigenvalue weighted by Gasteiger charge is -2.35. The monoisotopic (exact) mass is 294 g/mol. The summed E-state index contributed by atoms with van der Waals surface area (Å²) in [6, 6.07) is 1.62. The summed E-state index contributed by atoms with van der Waals surface area (Å²) in [4.78, 5) is 16.4. The number of hydrogen-bond acceptors (Lipinski definition) is 5. The summed E-state index contributed by atoms with van der Waals surface area (Å²) in [6.07, 6.45) is 2.87. The SMILES string of the molecule is CCCCC(N)C(=O)N1CCN(Cc2cc(C)no2)CC1. The number of rotatable bonds is 6. The highest BCUT2D eigenvalue weighted by Crippen LogP contribution is 2.11. The van der Waals surface area contributed by atoms with Gasteiger partial charge >= 0.3 is 0 Å². The lowest BCUT2D eigenvalue weighted by Crippen LogP contribution is -2.52. The maximum Gasteiger partial charge on any atom is 0.239 e. The molecule has 2 heterocycles. The normalized spacial score (nSPS) is 18.0. The van der Waals surface area contributed by atoms with Gasteiger partial charge in [0.1, 0.15) is 0 Å². The van der Waals surface area contributed by atoms with Crippen molar-refractivity contribution in [2.75, 3.05) is 26.2 Å².